The summed E-state index contributed by atoms with van der Waals surface area (Å²) in [6, 6.07) is 5.89. The van der Waals surface area contributed by atoms with E-state index in [0.717, 1.165) is 29.6 Å². The Bertz CT molecular complexity index is 574. The van der Waals surface area contributed by atoms with Crippen LogP contribution in [0.15, 0.2) is 23.2 Å². The number of nitrogens with zero attached hydrogens (tertiary/aromatic N) is 1. The maximum absolute atomic E-state index is 5.63. The van der Waals surface area contributed by atoms with Gasteiger partial charge in [-0.05, 0) is 37.0 Å². The van der Waals surface area contributed by atoms with E-state index >= 15 is 0 Å². The molecule has 0 aliphatic rings. The van der Waals surface area contributed by atoms with Gasteiger partial charge in [0.1, 0.15) is 0 Å². The Morgan fingerprint density at radius 3 is 2.33 bits per heavy atom. The average Bonchev–Trinajstić information content (AvgIpc) is 2.59. The van der Waals surface area contributed by atoms with Gasteiger partial charge in [-0.3, -0.25) is 0 Å². The lowest BCUT2D eigenvalue weighted by Gasteiger charge is -2.30. The van der Waals surface area contributed by atoms with Gasteiger partial charge >= 0.3 is 0 Å². The van der Waals surface area contributed by atoms with Gasteiger partial charge in [-0.1, -0.05) is 26.8 Å². The largest absolute Gasteiger partial charge is 0.493 e. The number of hydrogen-bond donors (Lipinski definition) is 2. The van der Waals surface area contributed by atoms with Crippen molar-refractivity contribution in [2.75, 3.05) is 33.9 Å². The van der Waals surface area contributed by atoms with Gasteiger partial charge in [0.25, 0.3) is 0 Å². The second kappa shape index (κ2) is 13.0. The van der Waals surface area contributed by atoms with Crippen molar-refractivity contribution in [2.24, 2.45) is 10.4 Å². The minimum atomic E-state index is 0. The Morgan fingerprint density at radius 1 is 1.11 bits per heavy atom. The molecule has 0 heterocycles. The first-order chi connectivity index (χ1) is 12.3. The number of halogens is 1. The molecule has 27 heavy (non-hydrogen) atoms. The number of nitrogens with one attached hydrogen (secondary N) is 2. The summed E-state index contributed by atoms with van der Waals surface area (Å²) in [6.07, 6.45) is 0.0944. The molecule has 0 spiro atoms. The fourth-order valence-corrected chi connectivity index (χ4v) is 2.53. The molecule has 1 atom stereocenters. The Labute approximate surface area is 181 Å². The fraction of sp³-hybridized carbons (Fsp3) is 0.650. The van der Waals surface area contributed by atoms with E-state index < -0.39 is 0 Å². The number of benzene rings is 1. The molecule has 0 fully saturated rings. The van der Waals surface area contributed by atoms with Gasteiger partial charge in [0.2, 0.25) is 0 Å². The van der Waals surface area contributed by atoms with E-state index in [1.165, 1.54) is 0 Å². The second-order valence-corrected chi connectivity index (χ2v) is 7.08. The van der Waals surface area contributed by atoms with Crippen molar-refractivity contribution in [3.63, 3.8) is 0 Å². The molecule has 0 radical (unpaired) electrons. The van der Waals surface area contributed by atoms with Gasteiger partial charge < -0.3 is 24.8 Å². The standard InChI is InChI=1S/C20H35N3O3.HI/c1-8-21-19(23-14-18(25-7)20(3,4)5)22-13-15-10-11-16(24-6)17(12-15)26-9-2;/h10-12,18H,8-9,13-14H2,1-7H3,(H2,21,22,23);1H. The minimum Gasteiger partial charge on any atom is -0.493 e. The molecular formula is C20H36IN3O3. The van der Waals surface area contributed by atoms with E-state index in [1.54, 1.807) is 14.2 Å². The summed E-state index contributed by atoms with van der Waals surface area (Å²) in [5, 5.41) is 6.64. The molecule has 0 saturated heterocycles. The van der Waals surface area contributed by atoms with E-state index in [4.69, 9.17) is 14.2 Å². The number of aliphatic imine (C=N–C) groups is 1. The van der Waals surface area contributed by atoms with Gasteiger partial charge in [0, 0.05) is 20.2 Å². The van der Waals surface area contributed by atoms with E-state index in [-0.39, 0.29) is 35.5 Å². The molecule has 0 bridgehead atoms. The first-order valence-corrected chi connectivity index (χ1v) is 9.20. The van der Waals surface area contributed by atoms with Crippen LogP contribution >= 0.6 is 24.0 Å². The normalized spacial score (nSPS) is 12.8. The Hall–Kier alpha value is -1.22. The van der Waals surface area contributed by atoms with E-state index in [1.807, 2.05) is 25.1 Å². The lowest BCUT2D eigenvalue weighted by Crippen LogP contribution is -2.45. The monoisotopic (exact) mass is 493 g/mol. The molecule has 1 aromatic rings. The lowest BCUT2D eigenvalue weighted by atomic mass is 9.89. The number of hydrogen-bond acceptors (Lipinski definition) is 4. The maximum Gasteiger partial charge on any atom is 0.191 e. The zero-order chi connectivity index (χ0) is 19.6. The van der Waals surface area contributed by atoms with Crippen LogP contribution in [0.1, 0.15) is 40.2 Å². The van der Waals surface area contributed by atoms with Crippen molar-refractivity contribution in [3.8, 4) is 11.5 Å². The molecule has 0 amide bonds. The molecule has 0 aliphatic heterocycles. The van der Waals surface area contributed by atoms with E-state index in [9.17, 15) is 0 Å². The summed E-state index contributed by atoms with van der Waals surface area (Å²) in [6.45, 7) is 13.1. The van der Waals surface area contributed by atoms with Gasteiger partial charge in [-0.15, -0.1) is 24.0 Å². The smallest absolute Gasteiger partial charge is 0.191 e. The Balaban J connectivity index is 0.00000676. The van der Waals surface area contributed by atoms with Crippen molar-refractivity contribution in [1.29, 1.82) is 0 Å². The van der Waals surface area contributed by atoms with Crippen molar-refractivity contribution in [3.05, 3.63) is 23.8 Å². The summed E-state index contributed by atoms with van der Waals surface area (Å²) in [5.74, 6) is 2.25. The number of methoxy groups -OCH3 is 2. The fourth-order valence-electron chi connectivity index (χ4n) is 2.53. The molecule has 0 aliphatic carbocycles. The van der Waals surface area contributed by atoms with Crippen LogP contribution in [0, 0.1) is 5.41 Å². The lowest BCUT2D eigenvalue weighted by molar-refractivity contribution is 0.0205. The second-order valence-electron chi connectivity index (χ2n) is 7.08. The third-order valence-electron chi connectivity index (χ3n) is 4.00. The van der Waals surface area contributed by atoms with Crippen LogP contribution in [-0.4, -0.2) is 46.0 Å². The SMILES string of the molecule is CCNC(=NCc1ccc(OC)c(OCC)c1)NCC(OC)C(C)(C)C.I. The number of guanidine groups is 1. The number of ether oxygens (including phenoxy) is 3. The zero-order valence-electron chi connectivity index (χ0n) is 17.7. The number of rotatable bonds is 9. The highest BCUT2D eigenvalue weighted by Gasteiger charge is 2.24. The van der Waals surface area contributed by atoms with Gasteiger partial charge in [-0.25, -0.2) is 4.99 Å². The third kappa shape index (κ3) is 9.01. The zero-order valence-corrected chi connectivity index (χ0v) is 20.0. The molecule has 156 valence electrons. The maximum atomic E-state index is 5.63. The van der Waals surface area contributed by atoms with Crippen molar-refractivity contribution in [1.82, 2.24) is 10.6 Å². The van der Waals surface area contributed by atoms with Crippen LogP contribution < -0.4 is 20.1 Å². The van der Waals surface area contributed by atoms with Crippen LogP contribution in [0.3, 0.4) is 0 Å². The molecule has 7 heteroatoms. The van der Waals surface area contributed by atoms with Crippen LogP contribution in [0.5, 0.6) is 11.5 Å². The van der Waals surface area contributed by atoms with Crippen LogP contribution in [0.2, 0.25) is 0 Å². The van der Waals surface area contributed by atoms with Crippen molar-refractivity contribution < 1.29 is 14.2 Å². The topological polar surface area (TPSA) is 64.1 Å². The summed E-state index contributed by atoms with van der Waals surface area (Å²) in [4.78, 5) is 4.67. The minimum absolute atomic E-state index is 0. The molecule has 2 N–H and O–H groups in total. The predicted molar refractivity (Wildman–Crippen MR) is 123 cm³/mol. The Kier molecular flexibility index (Phi) is 12.5. The first kappa shape index (κ1) is 25.8. The van der Waals surface area contributed by atoms with Gasteiger partial charge in [0.05, 0.1) is 26.4 Å². The van der Waals surface area contributed by atoms with Crippen molar-refractivity contribution >= 4 is 29.9 Å². The van der Waals surface area contributed by atoms with Crippen molar-refractivity contribution in [2.45, 2.75) is 47.3 Å². The van der Waals surface area contributed by atoms with Crippen LogP contribution in [-0.2, 0) is 11.3 Å². The van der Waals surface area contributed by atoms with Gasteiger partial charge in [0.15, 0.2) is 17.5 Å². The summed E-state index contributed by atoms with van der Waals surface area (Å²) in [5.41, 5.74) is 1.12. The Morgan fingerprint density at radius 2 is 1.81 bits per heavy atom. The quantitative estimate of drug-likeness (QED) is 0.311. The third-order valence-corrected chi connectivity index (χ3v) is 4.00. The summed E-state index contributed by atoms with van der Waals surface area (Å²) in [7, 11) is 3.39. The van der Waals surface area contributed by atoms with E-state index in [2.05, 4.69) is 43.3 Å². The molecule has 1 unspecified atom stereocenters. The molecule has 0 aromatic heterocycles. The van der Waals surface area contributed by atoms with Gasteiger partial charge in [-0.2, -0.15) is 0 Å². The first-order valence-electron chi connectivity index (χ1n) is 9.20. The molecule has 1 aromatic carbocycles. The van der Waals surface area contributed by atoms with E-state index in [0.29, 0.717) is 19.7 Å². The molecule has 6 nitrogen and oxygen atoms in total. The average molecular weight is 493 g/mol. The highest BCUT2D eigenvalue weighted by atomic mass is 127. The molecular weight excluding hydrogens is 457 g/mol. The predicted octanol–water partition coefficient (Wildman–Crippen LogP) is 3.83. The highest BCUT2D eigenvalue weighted by Crippen LogP contribution is 2.28. The van der Waals surface area contributed by atoms with Crippen LogP contribution in [0.25, 0.3) is 0 Å². The molecule has 1 rings (SSSR count). The highest BCUT2D eigenvalue weighted by molar-refractivity contribution is 14.0. The van der Waals surface area contributed by atoms with Crippen LogP contribution in [0.4, 0.5) is 0 Å². The molecule has 0 saturated carbocycles. The summed E-state index contributed by atoms with van der Waals surface area (Å²) < 4.78 is 16.6. The summed E-state index contributed by atoms with van der Waals surface area (Å²) >= 11 is 0.